The number of aryl methyl sites for hydroxylation is 2. The first-order valence-electron chi connectivity index (χ1n) is 8.89. The van der Waals surface area contributed by atoms with Crippen LogP contribution in [0.4, 0.5) is 5.95 Å². The highest BCUT2D eigenvalue weighted by atomic mass is 16.7. The molecule has 7 nitrogen and oxygen atoms in total. The van der Waals surface area contributed by atoms with Gasteiger partial charge in [0.15, 0.2) is 5.60 Å². The normalized spacial score (nSPS) is 23.0. The van der Waals surface area contributed by atoms with Crippen molar-refractivity contribution in [1.82, 2.24) is 14.9 Å². The van der Waals surface area contributed by atoms with Crippen LogP contribution in [-0.2, 0) is 9.63 Å². The molecular weight excluding hydrogens is 318 g/mol. The molecule has 2 aliphatic heterocycles. The van der Waals surface area contributed by atoms with E-state index >= 15 is 0 Å². The average molecular weight is 345 g/mol. The Morgan fingerprint density at radius 2 is 2.00 bits per heavy atom. The molecule has 1 aromatic heterocycles. The van der Waals surface area contributed by atoms with Crippen LogP contribution in [0.1, 0.15) is 44.5 Å². The molecule has 0 bridgehead atoms. The van der Waals surface area contributed by atoms with Gasteiger partial charge in [0, 0.05) is 37.4 Å². The SMILES string of the molecule is Cc1cc(C)nc(N2CCC[C@@]3(CC(C(=O)N(C)C(C)C)=NO3)C2)n1. The number of anilines is 1. The molecule has 25 heavy (non-hydrogen) atoms. The number of carbonyl (C=O) groups excluding carboxylic acids is 1. The van der Waals surface area contributed by atoms with E-state index in [1.807, 2.05) is 33.8 Å². The predicted molar refractivity (Wildman–Crippen MR) is 96.7 cm³/mol. The van der Waals surface area contributed by atoms with Crippen molar-refractivity contribution in [3.8, 4) is 0 Å². The third-order valence-electron chi connectivity index (χ3n) is 4.97. The number of oxime groups is 1. The maximum absolute atomic E-state index is 12.5. The Kier molecular flexibility index (Phi) is 4.67. The van der Waals surface area contributed by atoms with E-state index in [-0.39, 0.29) is 11.9 Å². The quantitative estimate of drug-likeness (QED) is 0.839. The van der Waals surface area contributed by atoms with Crippen LogP contribution in [0.25, 0.3) is 0 Å². The number of aromatic nitrogens is 2. The van der Waals surface area contributed by atoms with Gasteiger partial charge in [0.1, 0.15) is 5.71 Å². The lowest BCUT2D eigenvalue weighted by molar-refractivity contribution is -0.124. The predicted octanol–water partition coefficient (Wildman–Crippen LogP) is 2.08. The molecule has 0 N–H and O–H groups in total. The van der Waals surface area contributed by atoms with Crippen molar-refractivity contribution in [3.05, 3.63) is 17.5 Å². The lowest BCUT2D eigenvalue weighted by atomic mass is 9.88. The van der Waals surface area contributed by atoms with Crippen LogP contribution in [0.2, 0.25) is 0 Å². The Bertz CT molecular complexity index is 682. The van der Waals surface area contributed by atoms with Crippen molar-refractivity contribution in [2.75, 3.05) is 25.0 Å². The van der Waals surface area contributed by atoms with E-state index < -0.39 is 5.60 Å². The number of hydrogen-bond acceptors (Lipinski definition) is 6. The summed E-state index contributed by atoms with van der Waals surface area (Å²) in [6.07, 6.45) is 2.40. The van der Waals surface area contributed by atoms with Crippen LogP contribution in [0.15, 0.2) is 11.2 Å². The van der Waals surface area contributed by atoms with E-state index in [0.29, 0.717) is 18.7 Å². The number of rotatable bonds is 3. The summed E-state index contributed by atoms with van der Waals surface area (Å²) in [7, 11) is 1.80. The van der Waals surface area contributed by atoms with E-state index in [1.165, 1.54) is 0 Å². The van der Waals surface area contributed by atoms with Crippen LogP contribution in [-0.4, -0.2) is 58.3 Å². The lowest BCUT2D eigenvalue weighted by Crippen LogP contribution is -2.50. The summed E-state index contributed by atoms with van der Waals surface area (Å²) in [5.74, 6) is 0.686. The summed E-state index contributed by atoms with van der Waals surface area (Å²) in [5, 5.41) is 4.14. The van der Waals surface area contributed by atoms with Gasteiger partial charge in [0.25, 0.3) is 5.91 Å². The summed E-state index contributed by atoms with van der Waals surface area (Å²) in [5.41, 5.74) is 1.99. The van der Waals surface area contributed by atoms with E-state index in [1.54, 1.807) is 11.9 Å². The van der Waals surface area contributed by atoms with Crippen LogP contribution >= 0.6 is 0 Å². The van der Waals surface area contributed by atoms with Gasteiger partial charge in [-0.25, -0.2) is 9.97 Å². The smallest absolute Gasteiger partial charge is 0.271 e. The first-order valence-corrected chi connectivity index (χ1v) is 8.89. The minimum absolute atomic E-state index is 0.0494. The molecule has 1 atom stereocenters. The van der Waals surface area contributed by atoms with E-state index in [2.05, 4.69) is 20.0 Å². The number of amides is 1. The molecule has 1 aromatic rings. The maximum atomic E-state index is 12.5. The third kappa shape index (κ3) is 3.60. The van der Waals surface area contributed by atoms with Crippen LogP contribution in [0.3, 0.4) is 0 Å². The van der Waals surface area contributed by atoms with Gasteiger partial charge in [-0.1, -0.05) is 5.16 Å². The molecule has 0 saturated carbocycles. The van der Waals surface area contributed by atoms with Gasteiger partial charge in [0.2, 0.25) is 5.95 Å². The number of hydrogen-bond donors (Lipinski definition) is 0. The molecule has 136 valence electrons. The number of piperidine rings is 1. The highest BCUT2D eigenvalue weighted by Gasteiger charge is 2.45. The Hall–Kier alpha value is -2.18. The topological polar surface area (TPSA) is 70.9 Å². The van der Waals surface area contributed by atoms with Gasteiger partial charge in [0.05, 0.1) is 6.54 Å². The zero-order valence-electron chi connectivity index (χ0n) is 15.7. The summed E-state index contributed by atoms with van der Waals surface area (Å²) in [6.45, 7) is 9.48. The van der Waals surface area contributed by atoms with Crippen LogP contribution in [0, 0.1) is 13.8 Å². The summed E-state index contributed by atoms with van der Waals surface area (Å²) in [4.78, 5) is 31.3. The van der Waals surface area contributed by atoms with Crippen LogP contribution < -0.4 is 4.90 Å². The first kappa shape index (κ1) is 17.6. The van der Waals surface area contributed by atoms with Gasteiger partial charge in [-0.2, -0.15) is 0 Å². The van der Waals surface area contributed by atoms with E-state index in [9.17, 15) is 4.79 Å². The Morgan fingerprint density at radius 1 is 1.32 bits per heavy atom. The van der Waals surface area contributed by atoms with Gasteiger partial charge < -0.3 is 14.6 Å². The molecule has 1 fully saturated rings. The van der Waals surface area contributed by atoms with Crippen molar-refractivity contribution in [1.29, 1.82) is 0 Å². The fourth-order valence-electron chi connectivity index (χ4n) is 3.41. The number of carbonyl (C=O) groups is 1. The third-order valence-corrected chi connectivity index (χ3v) is 4.97. The molecule has 2 aliphatic rings. The molecule has 1 saturated heterocycles. The average Bonchev–Trinajstić information content (AvgIpc) is 2.95. The van der Waals surface area contributed by atoms with Gasteiger partial charge in [-0.05, 0) is 46.6 Å². The lowest BCUT2D eigenvalue weighted by Gasteiger charge is -2.38. The molecule has 0 unspecified atom stereocenters. The first-order chi connectivity index (χ1) is 11.8. The molecule has 7 heteroatoms. The summed E-state index contributed by atoms with van der Waals surface area (Å²) >= 11 is 0. The minimum Gasteiger partial charge on any atom is -0.386 e. The van der Waals surface area contributed by atoms with Crippen molar-refractivity contribution < 1.29 is 9.63 Å². The monoisotopic (exact) mass is 345 g/mol. The van der Waals surface area contributed by atoms with Crippen LogP contribution in [0.5, 0.6) is 0 Å². The van der Waals surface area contributed by atoms with Gasteiger partial charge in [-0.15, -0.1) is 0 Å². The van der Waals surface area contributed by atoms with Gasteiger partial charge in [-0.3, -0.25) is 4.79 Å². The summed E-state index contributed by atoms with van der Waals surface area (Å²) in [6, 6.07) is 2.11. The maximum Gasteiger partial charge on any atom is 0.271 e. The van der Waals surface area contributed by atoms with Crippen molar-refractivity contribution in [2.24, 2.45) is 5.16 Å². The zero-order chi connectivity index (χ0) is 18.2. The highest BCUT2D eigenvalue weighted by molar-refractivity contribution is 6.39. The second-order valence-corrected chi connectivity index (χ2v) is 7.47. The molecule has 3 rings (SSSR count). The molecule has 3 heterocycles. The highest BCUT2D eigenvalue weighted by Crippen LogP contribution is 2.35. The molecule has 0 aliphatic carbocycles. The number of nitrogens with zero attached hydrogens (tertiary/aromatic N) is 5. The molecule has 0 aromatic carbocycles. The second-order valence-electron chi connectivity index (χ2n) is 7.47. The Balaban J connectivity index is 1.73. The summed E-state index contributed by atoms with van der Waals surface area (Å²) < 4.78 is 0. The fourth-order valence-corrected chi connectivity index (χ4v) is 3.41. The van der Waals surface area contributed by atoms with Gasteiger partial charge >= 0.3 is 0 Å². The second kappa shape index (κ2) is 6.61. The molecule has 0 radical (unpaired) electrons. The largest absolute Gasteiger partial charge is 0.386 e. The zero-order valence-corrected chi connectivity index (χ0v) is 15.7. The van der Waals surface area contributed by atoms with Crippen molar-refractivity contribution in [3.63, 3.8) is 0 Å². The molecule has 1 amide bonds. The Morgan fingerprint density at radius 3 is 2.64 bits per heavy atom. The fraction of sp³-hybridized carbons (Fsp3) is 0.667. The van der Waals surface area contributed by atoms with E-state index in [4.69, 9.17) is 4.84 Å². The minimum atomic E-state index is -0.442. The van der Waals surface area contributed by atoms with Crippen molar-refractivity contribution >= 4 is 17.6 Å². The standard InChI is InChI=1S/C18H27N5O2/c1-12(2)22(5)16(24)15-10-18(25-21-15)7-6-8-23(11-18)17-19-13(3)9-14(4)20-17/h9,12H,6-8,10-11H2,1-5H3/t18-/m1/s1. The Labute approximate surface area is 149 Å². The van der Waals surface area contributed by atoms with E-state index in [0.717, 1.165) is 36.7 Å². The molecular formula is C18H27N5O2. The molecule has 1 spiro atoms. The van der Waals surface area contributed by atoms with Crippen molar-refractivity contribution in [2.45, 2.75) is 58.6 Å².